The first-order valence-corrected chi connectivity index (χ1v) is 6.23. The molecule has 8 heteroatoms. The summed E-state index contributed by atoms with van der Waals surface area (Å²) in [6.07, 6.45) is -4.86. The molecule has 0 aromatic heterocycles. The molecule has 0 unspecified atom stereocenters. The smallest absolute Gasteiger partial charge is 0.434 e. The van der Waals surface area contributed by atoms with Gasteiger partial charge in [-0.2, -0.15) is 8.78 Å². The van der Waals surface area contributed by atoms with Crippen molar-refractivity contribution in [2.24, 2.45) is 0 Å². The fourth-order valence-electron chi connectivity index (χ4n) is 1.83. The predicted molar refractivity (Wildman–Crippen MR) is 70.2 cm³/mol. The number of hydrogen-bond acceptors (Lipinski definition) is 2. The van der Waals surface area contributed by atoms with Gasteiger partial charge in [0.1, 0.15) is 11.5 Å². The van der Waals surface area contributed by atoms with Gasteiger partial charge in [0.05, 0.1) is 5.02 Å². The van der Waals surface area contributed by atoms with Crippen LogP contribution in [0.15, 0.2) is 42.5 Å². The minimum Gasteiger partial charge on any atom is -0.434 e. The molecule has 0 atom stereocenters. The molecule has 0 fully saturated rings. The third kappa shape index (κ3) is 4.24. The van der Waals surface area contributed by atoms with E-state index in [1.165, 1.54) is 30.3 Å². The Morgan fingerprint density at radius 3 is 2.32 bits per heavy atom. The molecule has 0 saturated heterocycles. The lowest BCUT2D eigenvalue weighted by Crippen LogP contribution is -2.17. The van der Waals surface area contributed by atoms with Gasteiger partial charge in [0.2, 0.25) is 0 Å². The fourth-order valence-corrected chi connectivity index (χ4v) is 2.10. The van der Waals surface area contributed by atoms with E-state index in [2.05, 4.69) is 9.47 Å². The Bertz CT molecular complexity index is 658. The number of hydrogen-bond donors (Lipinski definition) is 0. The van der Waals surface area contributed by atoms with Gasteiger partial charge >= 0.3 is 13.0 Å². The summed E-state index contributed by atoms with van der Waals surface area (Å²) in [6.45, 7) is -3.09. The number of ether oxygens (including phenoxy) is 2. The van der Waals surface area contributed by atoms with Crippen LogP contribution in [-0.4, -0.2) is 13.0 Å². The average molecular weight is 339 g/mol. The van der Waals surface area contributed by atoms with Crippen molar-refractivity contribution in [2.75, 3.05) is 0 Å². The summed E-state index contributed by atoms with van der Waals surface area (Å²) in [5.41, 5.74) is 0.208. The van der Waals surface area contributed by atoms with Crippen LogP contribution in [0.4, 0.5) is 22.0 Å². The third-order valence-electron chi connectivity index (χ3n) is 2.55. The third-order valence-corrected chi connectivity index (χ3v) is 2.86. The van der Waals surface area contributed by atoms with E-state index in [1.54, 1.807) is 0 Å². The van der Waals surface area contributed by atoms with Crippen molar-refractivity contribution in [2.45, 2.75) is 13.0 Å². The highest BCUT2D eigenvalue weighted by atomic mass is 35.5. The van der Waals surface area contributed by atoms with Crippen molar-refractivity contribution in [3.05, 3.63) is 47.5 Å². The molecular formula is C14H8ClF5O2. The molecule has 0 amide bonds. The number of halogens is 6. The highest BCUT2D eigenvalue weighted by molar-refractivity contribution is 6.33. The maximum absolute atomic E-state index is 12.4. The Morgan fingerprint density at radius 2 is 1.68 bits per heavy atom. The van der Waals surface area contributed by atoms with Crippen LogP contribution in [-0.2, 0) is 0 Å². The first kappa shape index (κ1) is 16.4. The maximum Gasteiger partial charge on any atom is 0.573 e. The van der Waals surface area contributed by atoms with Crippen molar-refractivity contribution in [3.8, 4) is 22.6 Å². The van der Waals surface area contributed by atoms with Crippen molar-refractivity contribution in [1.82, 2.24) is 0 Å². The van der Waals surface area contributed by atoms with E-state index < -0.39 is 18.7 Å². The van der Waals surface area contributed by atoms with E-state index in [4.69, 9.17) is 11.6 Å². The fraction of sp³-hybridized carbons (Fsp3) is 0.143. The van der Waals surface area contributed by atoms with Crippen LogP contribution in [0.1, 0.15) is 0 Å². The van der Waals surface area contributed by atoms with Crippen molar-refractivity contribution < 1.29 is 31.4 Å². The molecule has 0 N–H and O–H groups in total. The van der Waals surface area contributed by atoms with Crippen LogP contribution in [0, 0.1) is 0 Å². The second-order valence-electron chi connectivity index (χ2n) is 4.07. The van der Waals surface area contributed by atoms with Gasteiger partial charge in [-0.15, -0.1) is 13.2 Å². The molecule has 0 radical (unpaired) electrons. The molecule has 2 aromatic rings. The lowest BCUT2D eigenvalue weighted by molar-refractivity contribution is -0.274. The van der Waals surface area contributed by atoms with Crippen LogP contribution in [0.25, 0.3) is 11.1 Å². The molecule has 0 aliphatic carbocycles. The van der Waals surface area contributed by atoms with E-state index in [1.807, 2.05) is 0 Å². The molecule has 0 saturated carbocycles. The standard InChI is InChI=1S/C14H8ClF5O2/c15-10-5-2-6-11(21-13(16)17)12(10)8-3-1-4-9(7-8)22-14(18,19)20/h1-7,13H. The summed E-state index contributed by atoms with van der Waals surface area (Å²) in [6, 6.07) is 8.85. The minimum atomic E-state index is -4.86. The lowest BCUT2D eigenvalue weighted by atomic mass is 10.0. The summed E-state index contributed by atoms with van der Waals surface area (Å²) >= 11 is 5.94. The SMILES string of the molecule is FC(F)Oc1cccc(Cl)c1-c1cccc(OC(F)(F)F)c1. The molecule has 118 valence electrons. The zero-order valence-electron chi connectivity index (χ0n) is 10.7. The van der Waals surface area contributed by atoms with Gasteiger partial charge in [0.25, 0.3) is 0 Å². The minimum absolute atomic E-state index is 0.0529. The first-order chi connectivity index (χ1) is 10.3. The molecule has 2 aromatic carbocycles. The van der Waals surface area contributed by atoms with Crippen molar-refractivity contribution in [3.63, 3.8) is 0 Å². The van der Waals surface area contributed by atoms with Gasteiger partial charge in [-0.05, 0) is 29.8 Å². The van der Waals surface area contributed by atoms with Crippen LogP contribution in [0.5, 0.6) is 11.5 Å². The molecule has 0 aliphatic rings. The van der Waals surface area contributed by atoms with Gasteiger partial charge in [0, 0.05) is 5.56 Å². The molecule has 0 spiro atoms. The summed E-state index contributed by atoms with van der Waals surface area (Å²) in [5.74, 6) is -0.737. The topological polar surface area (TPSA) is 18.5 Å². The van der Waals surface area contributed by atoms with Gasteiger partial charge in [-0.1, -0.05) is 29.8 Å². The monoisotopic (exact) mass is 338 g/mol. The Morgan fingerprint density at radius 1 is 1.00 bits per heavy atom. The summed E-state index contributed by atoms with van der Waals surface area (Å²) in [7, 11) is 0. The zero-order chi connectivity index (χ0) is 16.3. The van der Waals surface area contributed by atoms with Crippen LogP contribution < -0.4 is 9.47 Å². The number of alkyl halides is 5. The molecule has 2 nitrogen and oxygen atoms in total. The molecule has 0 bridgehead atoms. The van der Waals surface area contributed by atoms with Crippen molar-refractivity contribution >= 4 is 11.6 Å². The largest absolute Gasteiger partial charge is 0.573 e. The molecular weight excluding hydrogens is 331 g/mol. The van der Waals surface area contributed by atoms with E-state index >= 15 is 0 Å². The average Bonchev–Trinajstić information content (AvgIpc) is 2.36. The Balaban J connectivity index is 2.45. The van der Waals surface area contributed by atoms with Crippen LogP contribution in [0.2, 0.25) is 5.02 Å². The zero-order valence-corrected chi connectivity index (χ0v) is 11.5. The van der Waals surface area contributed by atoms with Crippen molar-refractivity contribution in [1.29, 1.82) is 0 Å². The highest BCUT2D eigenvalue weighted by Gasteiger charge is 2.31. The van der Waals surface area contributed by atoms with Gasteiger partial charge in [0.15, 0.2) is 0 Å². The Labute approximate surface area is 127 Å². The maximum atomic E-state index is 12.4. The van der Waals surface area contributed by atoms with Gasteiger partial charge in [-0.25, -0.2) is 0 Å². The highest BCUT2D eigenvalue weighted by Crippen LogP contribution is 2.39. The number of rotatable bonds is 4. The normalized spacial score (nSPS) is 11.6. The summed E-state index contributed by atoms with van der Waals surface area (Å²) in [5, 5.41) is 0.0577. The van der Waals surface area contributed by atoms with E-state index in [0.717, 1.165) is 12.1 Å². The molecule has 2 rings (SSSR count). The molecule has 0 heterocycles. The second kappa shape index (κ2) is 6.39. The quantitative estimate of drug-likeness (QED) is 0.685. The van der Waals surface area contributed by atoms with Gasteiger partial charge in [-0.3, -0.25) is 0 Å². The Hall–Kier alpha value is -2.02. The van der Waals surface area contributed by atoms with Crippen LogP contribution in [0.3, 0.4) is 0 Å². The van der Waals surface area contributed by atoms with E-state index in [-0.39, 0.29) is 21.9 Å². The van der Waals surface area contributed by atoms with Crippen LogP contribution >= 0.6 is 11.6 Å². The lowest BCUT2D eigenvalue weighted by Gasteiger charge is -2.14. The molecule has 22 heavy (non-hydrogen) atoms. The number of benzene rings is 2. The Kier molecular flexibility index (Phi) is 4.75. The molecule has 0 aliphatic heterocycles. The van der Waals surface area contributed by atoms with E-state index in [0.29, 0.717) is 0 Å². The summed E-state index contributed by atoms with van der Waals surface area (Å²) < 4.78 is 69.7. The van der Waals surface area contributed by atoms with E-state index in [9.17, 15) is 22.0 Å². The first-order valence-electron chi connectivity index (χ1n) is 5.86. The van der Waals surface area contributed by atoms with Gasteiger partial charge < -0.3 is 9.47 Å². The second-order valence-corrected chi connectivity index (χ2v) is 4.47. The summed E-state index contributed by atoms with van der Waals surface area (Å²) in [4.78, 5) is 0. The predicted octanol–water partition coefficient (Wildman–Crippen LogP) is 5.51.